The van der Waals surface area contributed by atoms with Crippen LogP contribution in [0.15, 0.2) is 63.8 Å². The number of carbonyl (C=O) groups excluding carboxylic acids is 2. The molecule has 0 fully saturated rings. The number of benzene rings is 2. The number of rotatable bonds is 5. The minimum atomic E-state index is -0.843. The maximum absolute atomic E-state index is 12.8. The summed E-state index contributed by atoms with van der Waals surface area (Å²) in [5, 5.41) is 21.2. The number of ether oxygens (including phenoxy) is 1. The van der Waals surface area contributed by atoms with Crippen LogP contribution in [0, 0.1) is 10.1 Å². The van der Waals surface area contributed by atoms with Gasteiger partial charge in [0, 0.05) is 23.3 Å². The van der Waals surface area contributed by atoms with Gasteiger partial charge >= 0.3 is 5.97 Å². The maximum Gasteiger partial charge on any atom is 0.344 e. The zero-order valence-electron chi connectivity index (χ0n) is 17.3. The first kappa shape index (κ1) is 22.8. The number of halogens is 1. The lowest BCUT2D eigenvalue weighted by molar-refractivity contribution is -0.384. The number of aliphatic hydroxyl groups excluding tert-OH is 1. The Labute approximate surface area is 187 Å². The molecule has 0 atom stereocenters. The van der Waals surface area contributed by atoms with Crippen LogP contribution in [-0.4, -0.2) is 39.6 Å². The Bertz CT molecular complexity index is 1230. The van der Waals surface area contributed by atoms with E-state index >= 15 is 0 Å². The highest BCUT2D eigenvalue weighted by molar-refractivity contribution is 6.37. The summed E-state index contributed by atoms with van der Waals surface area (Å²) in [4.78, 5) is 44.0. The third-order valence-corrected chi connectivity index (χ3v) is 4.71. The van der Waals surface area contributed by atoms with E-state index in [-0.39, 0.29) is 39.2 Å². The van der Waals surface area contributed by atoms with Gasteiger partial charge in [0.15, 0.2) is 5.84 Å². The minimum Gasteiger partial charge on any atom is -0.512 e. The molecule has 3 rings (SSSR count). The largest absolute Gasteiger partial charge is 0.512 e. The normalized spacial score (nSPS) is 14.7. The fourth-order valence-corrected chi connectivity index (χ4v) is 3.22. The molecule has 2 aromatic rings. The molecule has 0 radical (unpaired) electrons. The van der Waals surface area contributed by atoms with E-state index in [1.54, 1.807) is 38.1 Å². The second-order valence-corrected chi connectivity index (χ2v) is 7.49. The van der Waals surface area contributed by atoms with E-state index in [0.717, 1.165) is 6.07 Å². The molecule has 0 saturated heterocycles. The van der Waals surface area contributed by atoms with E-state index in [1.165, 1.54) is 19.1 Å². The molecule has 1 aliphatic rings. The highest BCUT2D eigenvalue weighted by Gasteiger charge is 2.31. The van der Waals surface area contributed by atoms with Crippen LogP contribution in [0.1, 0.15) is 42.3 Å². The van der Waals surface area contributed by atoms with Gasteiger partial charge in [-0.25, -0.2) is 9.79 Å². The molecule has 1 heterocycles. The first-order valence-electron chi connectivity index (χ1n) is 9.46. The summed E-state index contributed by atoms with van der Waals surface area (Å²) in [7, 11) is 0. The van der Waals surface area contributed by atoms with Gasteiger partial charge in [-0.3, -0.25) is 14.9 Å². The summed E-state index contributed by atoms with van der Waals surface area (Å²) in [5.41, 5.74) is 0.372. The van der Waals surface area contributed by atoms with Gasteiger partial charge in [-0.1, -0.05) is 35.9 Å². The quantitative estimate of drug-likeness (QED) is 0.233. The Morgan fingerprint density at radius 3 is 2.44 bits per heavy atom. The molecule has 0 aromatic heterocycles. The number of carbonyl (C=O) groups is 2. The Morgan fingerprint density at radius 2 is 1.84 bits per heavy atom. The van der Waals surface area contributed by atoms with Crippen LogP contribution in [0.3, 0.4) is 0 Å². The van der Waals surface area contributed by atoms with Crippen molar-refractivity contribution in [3.63, 3.8) is 0 Å². The highest BCUT2D eigenvalue weighted by Crippen LogP contribution is 2.27. The van der Waals surface area contributed by atoms with Crippen LogP contribution in [-0.2, 0) is 9.53 Å². The van der Waals surface area contributed by atoms with Crippen molar-refractivity contribution in [2.24, 2.45) is 9.98 Å². The predicted octanol–water partition coefficient (Wildman–Crippen LogP) is 4.42. The van der Waals surface area contributed by atoms with Crippen molar-refractivity contribution in [1.29, 1.82) is 0 Å². The van der Waals surface area contributed by atoms with Crippen molar-refractivity contribution < 1.29 is 24.4 Å². The third kappa shape index (κ3) is 4.57. The molecule has 0 spiro atoms. The lowest BCUT2D eigenvalue weighted by Gasteiger charge is -2.12. The van der Waals surface area contributed by atoms with Crippen molar-refractivity contribution in [3.05, 3.63) is 85.6 Å². The Hall–Kier alpha value is -3.85. The number of hydrogen-bond acceptors (Lipinski definition) is 6. The summed E-state index contributed by atoms with van der Waals surface area (Å²) in [6.45, 7) is 4.66. The molecule has 10 heteroatoms. The molecular weight excluding hydrogens is 438 g/mol. The second-order valence-electron chi connectivity index (χ2n) is 7.08. The van der Waals surface area contributed by atoms with Gasteiger partial charge in [0.1, 0.15) is 11.3 Å². The number of aliphatic imine (C=N–C) groups is 2. The Kier molecular flexibility index (Phi) is 6.50. The first-order chi connectivity index (χ1) is 15.1. The van der Waals surface area contributed by atoms with Crippen molar-refractivity contribution in [2.45, 2.75) is 26.9 Å². The highest BCUT2D eigenvalue weighted by atomic mass is 35.5. The molecule has 1 aliphatic heterocycles. The van der Waals surface area contributed by atoms with E-state index in [0.29, 0.717) is 11.1 Å². The number of esters is 1. The first-order valence-corrected chi connectivity index (χ1v) is 9.84. The number of nitro groups is 1. The second kappa shape index (κ2) is 9.11. The predicted molar refractivity (Wildman–Crippen MR) is 119 cm³/mol. The van der Waals surface area contributed by atoms with Crippen LogP contribution in [0.4, 0.5) is 5.69 Å². The lowest BCUT2D eigenvalue weighted by atomic mass is 9.99. The number of non-ortho nitro benzene ring substituents is 1. The molecule has 2 aromatic carbocycles. The SMILES string of the molecule is C/C(O)=C(\C(=O)OC(C)C)C1=NC(=NC(=O)c2cc([N+](=O)[O-])ccc2Cl)c2ccccc21. The average molecular weight is 456 g/mol. The fraction of sp³-hybridized carbons (Fsp3) is 0.182. The van der Waals surface area contributed by atoms with Crippen LogP contribution in [0.5, 0.6) is 0 Å². The molecular formula is C22H18ClN3O6. The number of amidine groups is 1. The number of hydrogen-bond donors (Lipinski definition) is 1. The molecule has 164 valence electrons. The zero-order chi connectivity index (χ0) is 23.6. The van der Waals surface area contributed by atoms with Crippen molar-refractivity contribution in [1.82, 2.24) is 0 Å². The molecule has 0 unspecified atom stereocenters. The summed E-state index contributed by atoms with van der Waals surface area (Å²) < 4.78 is 5.21. The maximum atomic E-state index is 12.8. The molecule has 0 bridgehead atoms. The van der Waals surface area contributed by atoms with Crippen molar-refractivity contribution in [2.75, 3.05) is 0 Å². The molecule has 1 N–H and O–H groups in total. The van der Waals surface area contributed by atoms with Gasteiger partial charge in [-0.15, -0.1) is 0 Å². The lowest BCUT2D eigenvalue weighted by Crippen LogP contribution is -2.21. The average Bonchev–Trinajstić information content (AvgIpc) is 3.05. The van der Waals surface area contributed by atoms with Crippen LogP contribution < -0.4 is 0 Å². The summed E-state index contributed by atoms with van der Waals surface area (Å²) in [6, 6.07) is 10.1. The van der Waals surface area contributed by atoms with E-state index < -0.39 is 22.9 Å². The fourth-order valence-electron chi connectivity index (χ4n) is 3.02. The molecule has 1 amide bonds. The number of aliphatic hydroxyl groups is 1. The minimum absolute atomic E-state index is 0.00673. The van der Waals surface area contributed by atoms with Crippen LogP contribution >= 0.6 is 11.6 Å². The van der Waals surface area contributed by atoms with Gasteiger partial charge in [-0.2, -0.15) is 4.99 Å². The van der Waals surface area contributed by atoms with Crippen LogP contribution in [0.25, 0.3) is 0 Å². The summed E-state index contributed by atoms with van der Waals surface area (Å²) >= 11 is 6.04. The number of amides is 1. The summed E-state index contributed by atoms with van der Waals surface area (Å²) in [5.74, 6) is -1.95. The smallest absolute Gasteiger partial charge is 0.344 e. The number of allylic oxidation sites excluding steroid dienone is 1. The topological polar surface area (TPSA) is 131 Å². The van der Waals surface area contributed by atoms with Gasteiger partial charge < -0.3 is 9.84 Å². The van der Waals surface area contributed by atoms with Crippen LogP contribution in [0.2, 0.25) is 5.02 Å². The third-order valence-electron chi connectivity index (χ3n) is 4.38. The van der Waals surface area contributed by atoms with E-state index in [2.05, 4.69) is 9.98 Å². The van der Waals surface area contributed by atoms with Gasteiger partial charge in [0.25, 0.3) is 11.6 Å². The standard InChI is InChI=1S/C22H18ClN3O6/c1-11(2)32-22(29)18(12(3)27)19-14-6-4-5-7-15(14)20(24-19)25-21(28)16-10-13(26(30)31)8-9-17(16)23/h4-11,27H,1-3H3/b18-12+,25-20?. The zero-order valence-corrected chi connectivity index (χ0v) is 18.1. The van der Waals surface area contributed by atoms with E-state index in [4.69, 9.17) is 16.3 Å². The van der Waals surface area contributed by atoms with E-state index in [1.807, 2.05) is 0 Å². The molecule has 0 aliphatic carbocycles. The molecule has 9 nitrogen and oxygen atoms in total. The Morgan fingerprint density at radius 1 is 1.19 bits per heavy atom. The monoisotopic (exact) mass is 455 g/mol. The number of fused-ring (bicyclic) bond motifs is 1. The molecule has 0 saturated carbocycles. The number of nitrogens with zero attached hydrogens (tertiary/aromatic N) is 3. The van der Waals surface area contributed by atoms with Crippen molar-refractivity contribution in [3.8, 4) is 0 Å². The van der Waals surface area contributed by atoms with Gasteiger partial charge in [0.2, 0.25) is 0 Å². The Balaban J connectivity index is 2.11. The van der Waals surface area contributed by atoms with Gasteiger partial charge in [-0.05, 0) is 26.8 Å². The van der Waals surface area contributed by atoms with Crippen molar-refractivity contribution >= 4 is 40.7 Å². The summed E-state index contributed by atoms with van der Waals surface area (Å²) in [6.07, 6.45) is -0.431. The van der Waals surface area contributed by atoms with Gasteiger partial charge in [0.05, 0.1) is 27.3 Å². The molecule has 32 heavy (non-hydrogen) atoms. The number of nitro benzene ring substituents is 1. The van der Waals surface area contributed by atoms with E-state index in [9.17, 15) is 24.8 Å².